The summed E-state index contributed by atoms with van der Waals surface area (Å²) < 4.78 is 12.7. The summed E-state index contributed by atoms with van der Waals surface area (Å²) >= 11 is 0. The van der Waals surface area contributed by atoms with Gasteiger partial charge in [0.25, 0.3) is 0 Å². The number of rotatable bonds is 9. The van der Waals surface area contributed by atoms with Crippen molar-refractivity contribution in [3.8, 4) is 22.3 Å². The molecule has 2 heterocycles. The summed E-state index contributed by atoms with van der Waals surface area (Å²) in [6, 6.07) is 85.4. The molecular weight excluding hydrogens is 853 g/mol. The van der Waals surface area contributed by atoms with Crippen LogP contribution in [0.3, 0.4) is 0 Å². The van der Waals surface area contributed by atoms with Crippen LogP contribution in [-0.2, 0) is 10.8 Å². The van der Waals surface area contributed by atoms with Crippen molar-refractivity contribution in [2.75, 3.05) is 9.80 Å². The smallest absolute Gasteiger partial charge is 0.135 e. The number of benzene rings is 10. The summed E-state index contributed by atoms with van der Waals surface area (Å²) in [5.41, 5.74) is 18.4. The first kappa shape index (κ1) is 41.6. The van der Waals surface area contributed by atoms with Crippen LogP contribution < -0.4 is 9.80 Å². The van der Waals surface area contributed by atoms with Gasteiger partial charge < -0.3 is 18.6 Å². The van der Waals surface area contributed by atoms with Gasteiger partial charge >= 0.3 is 0 Å². The number of hydrogen-bond donors (Lipinski definition) is 0. The third-order valence-electron chi connectivity index (χ3n) is 14.8. The lowest BCUT2D eigenvalue weighted by Crippen LogP contribution is -2.23. The standard InChI is InChI=1S/C66H50N2O2/c1-65(2)43-66(3,46-30-32-47(33-31-46)67(59-26-14-10-22-51(59)44-18-6-4-7-19-44)48-35-38-63-55(40-48)53-24-12-16-28-61(53)69-63)58-42-50(34-37-57(58)65)68(60-27-15-11-23-52(60)45-20-8-5-9-21-45)49-36-39-64-56(41-49)54-25-13-17-29-62(54)70-64/h4-42H,43H2,1-3H3. The van der Waals surface area contributed by atoms with Gasteiger partial charge in [0.15, 0.2) is 0 Å². The Kier molecular flexibility index (Phi) is 9.67. The fraction of sp³-hybridized carbons (Fsp3) is 0.0909. The second-order valence-corrected chi connectivity index (χ2v) is 19.7. The van der Waals surface area contributed by atoms with Crippen LogP contribution in [0.4, 0.5) is 34.1 Å². The second kappa shape index (κ2) is 16.3. The summed E-state index contributed by atoms with van der Waals surface area (Å²) in [5.74, 6) is 0. The van der Waals surface area contributed by atoms with Gasteiger partial charge in [-0.2, -0.15) is 0 Å². The number of furan rings is 2. The second-order valence-electron chi connectivity index (χ2n) is 19.7. The van der Waals surface area contributed by atoms with Crippen molar-refractivity contribution < 1.29 is 8.83 Å². The molecule has 0 spiro atoms. The molecule has 0 amide bonds. The number of anilines is 6. The summed E-state index contributed by atoms with van der Waals surface area (Å²) in [7, 11) is 0. The van der Waals surface area contributed by atoms with Crippen LogP contribution >= 0.6 is 0 Å². The van der Waals surface area contributed by atoms with Gasteiger partial charge in [0.1, 0.15) is 22.3 Å². The van der Waals surface area contributed by atoms with E-state index in [1.165, 1.54) is 27.8 Å². The van der Waals surface area contributed by atoms with Crippen LogP contribution in [0.2, 0.25) is 0 Å². The van der Waals surface area contributed by atoms with E-state index >= 15 is 0 Å². The largest absolute Gasteiger partial charge is 0.456 e. The highest BCUT2D eigenvalue weighted by molar-refractivity contribution is 6.08. The number of para-hydroxylation sites is 4. The van der Waals surface area contributed by atoms with E-state index in [1.807, 2.05) is 18.2 Å². The Labute approximate surface area is 408 Å². The van der Waals surface area contributed by atoms with Crippen LogP contribution in [0.25, 0.3) is 66.1 Å². The van der Waals surface area contributed by atoms with Gasteiger partial charge in [-0.1, -0.05) is 172 Å². The molecule has 0 fully saturated rings. The predicted molar refractivity (Wildman–Crippen MR) is 292 cm³/mol. The van der Waals surface area contributed by atoms with E-state index in [0.29, 0.717) is 0 Å². The van der Waals surface area contributed by atoms with E-state index in [1.54, 1.807) is 0 Å². The van der Waals surface area contributed by atoms with Gasteiger partial charge in [0.2, 0.25) is 0 Å². The lowest BCUT2D eigenvalue weighted by atomic mass is 9.75. The molecule has 1 unspecified atom stereocenters. The molecule has 13 rings (SSSR count). The molecule has 4 heteroatoms. The minimum atomic E-state index is -0.288. The molecule has 0 aliphatic heterocycles. The average Bonchev–Trinajstić information content (AvgIpc) is 4.04. The monoisotopic (exact) mass is 902 g/mol. The van der Waals surface area contributed by atoms with E-state index in [2.05, 4.69) is 249 Å². The Hall–Kier alpha value is -8.60. The maximum atomic E-state index is 6.35. The molecule has 1 aliphatic carbocycles. The Morgan fingerprint density at radius 2 is 0.757 bits per heavy atom. The summed E-state index contributed by atoms with van der Waals surface area (Å²) in [6.45, 7) is 7.26. The minimum Gasteiger partial charge on any atom is -0.456 e. The Morgan fingerprint density at radius 1 is 0.343 bits per heavy atom. The van der Waals surface area contributed by atoms with Crippen LogP contribution in [0.1, 0.15) is 43.9 Å². The number of fused-ring (bicyclic) bond motifs is 7. The van der Waals surface area contributed by atoms with Crippen molar-refractivity contribution in [2.24, 2.45) is 0 Å². The van der Waals surface area contributed by atoms with E-state index in [4.69, 9.17) is 8.83 Å². The third-order valence-corrected chi connectivity index (χ3v) is 14.8. The molecule has 2 aromatic heterocycles. The van der Waals surface area contributed by atoms with Gasteiger partial charge in [0, 0.05) is 60.8 Å². The Bertz CT molecular complexity index is 3920. The summed E-state index contributed by atoms with van der Waals surface area (Å²) in [5, 5.41) is 4.41. The van der Waals surface area contributed by atoms with E-state index in [9.17, 15) is 0 Å². The van der Waals surface area contributed by atoms with Gasteiger partial charge in [-0.25, -0.2) is 0 Å². The molecular formula is C66H50N2O2. The highest BCUT2D eigenvalue weighted by atomic mass is 16.3. The minimum absolute atomic E-state index is 0.0634. The lowest BCUT2D eigenvalue weighted by molar-refractivity contribution is 0.425. The fourth-order valence-corrected chi connectivity index (χ4v) is 11.6. The average molecular weight is 903 g/mol. The molecule has 0 radical (unpaired) electrons. The molecule has 12 aromatic rings. The molecule has 4 nitrogen and oxygen atoms in total. The van der Waals surface area contributed by atoms with Gasteiger partial charge in [-0.05, 0) is 125 Å². The van der Waals surface area contributed by atoms with E-state index in [-0.39, 0.29) is 10.8 Å². The quantitative estimate of drug-likeness (QED) is 0.144. The number of nitrogens with zero attached hydrogens (tertiary/aromatic N) is 2. The van der Waals surface area contributed by atoms with E-state index < -0.39 is 0 Å². The molecule has 70 heavy (non-hydrogen) atoms. The normalized spacial score (nSPS) is 15.2. The molecule has 0 saturated carbocycles. The summed E-state index contributed by atoms with van der Waals surface area (Å²) in [6.07, 6.45) is 0.969. The van der Waals surface area contributed by atoms with Crippen molar-refractivity contribution in [3.63, 3.8) is 0 Å². The topological polar surface area (TPSA) is 32.8 Å². The van der Waals surface area contributed by atoms with E-state index in [0.717, 1.165) is 95.5 Å². The molecule has 1 atom stereocenters. The zero-order chi connectivity index (χ0) is 47.0. The molecule has 0 N–H and O–H groups in total. The van der Waals surface area contributed by atoms with Gasteiger partial charge in [-0.15, -0.1) is 0 Å². The zero-order valence-electron chi connectivity index (χ0n) is 39.4. The molecule has 336 valence electrons. The Morgan fingerprint density at radius 3 is 1.30 bits per heavy atom. The predicted octanol–water partition coefficient (Wildman–Crippen LogP) is 18.7. The highest BCUT2D eigenvalue weighted by Crippen LogP contribution is 2.55. The molecule has 0 saturated heterocycles. The van der Waals surface area contributed by atoms with Crippen LogP contribution in [0.15, 0.2) is 245 Å². The maximum Gasteiger partial charge on any atom is 0.135 e. The van der Waals surface area contributed by atoms with Crippen molar-refractivity contribution in [1.29, 1.82) is 0 Å². The highest BCUT2D eigenvalue weighted by Gasteiger charge is 2.46. The first-order valence-corrected chi connectivity index (χ1v) is 24.3. The first-order chi connectivity index (χ1) is 34.3. The molecule has 10 aromatic carbocycles. The zero-order valence-corrected chi connectivity index (χ0v) is 39.4. The van der Waals surface area contributed by atoms with Crippen molar-refractivity contribution in [2.45, 2.75) is 38.0 Å². The Balaban J connectivity index is 0.957. The summed E-state index contributed by atoms with van der Waals surface area (Å²) in [4.78, 5) is 4.85. The van der Waals surface area contributed by atoms with Crippen molar-refractivity contribution in [3.05, 3.63) is 253 Å². The van der Waals surface area contributed by atoms with Crippen LogP contribution in [-0.4, -0.2) is 0 Å². The molecule has 1 aliphatic rings. The first-order valence-electron chi connectivity index (χ1n) is 24.3. The number of hydrogen-bond acceptors (Lipinski definition) is 4. The van der Waals surface area contributed by atoms with Crippen LogP contribution in [0.5, 0.6) is 0 Å². The molecule has 0 bridgehead atoms. The van der Waals surface area contributed by atoms with Crippen molar-refractivity contribution >= 4 is 78.0 Å². The van der Waals surface area contributed by atoms with Gasteiger partial charge in [-0.3, -0.25) is 0 Å². The fourth-order valence-electron chi connectivity index (χ4n) is 11.6. The SMILES string of the molecule is CC1(C)CC(C)(c2ccc(N(c3ccc4oc5ccccc5c4c3)c3ccccc3-c3ccccc3)cc2)c2cc(N(c3ccc4oc5ccccc5c4c3)c3ccccc3-c3ccccc3)ccc21. The maximum absolute atomic E-state index is 6.35. The van der Waals surface area contributed by atoms with Crippen molar-refractivity contribution in [1.82, 2.24) is 0 Å². The lowest BCUT2D eigenvalue weighted by Gasteiger charge is -2.32. The third kappa shape index (κ3) is 6.82. The van der Waals surface area contributed by atoms with Gasteiger partial charge in [0.05, 0.1) is 11.4 Å². The van der Waals surface area contributed by atoms with Crippen LogP contribution in [0, 0.1) is 0 Å².